The summed E-state index contributed by atoms with van der Waals surface area (Å²) in [5.41, 5.74) is 6.76. The van der Waals surface area contributed by atoms with Crippen LogP contribution in [0, 0.1) is 0 Å². The van der Waals surface area contributed by atoms with Crippen LogP contribution in [0.25, 0.3) is 0 Å². The molecule has 1 aromatic carbocycles. The molecule has 0 unspecified atom stereocenters. The van der Waals surface area contributed by atoms with Gasteiger partial charge in [0.25, 0.3) is 0 Å². The Bertz CT molecular complexity index is 277. The Kier molecular flexibility index (Phi) is 3.29. The van der Waals surface area contributed by atoms with Crippen LogP contribution in [0.1, 0.15) is 5.56 Å². The van der Waals surface area contributed by atoms with Crippen molar-refractivity contribution in [2.45, 2.75) is 6.42 Å². The second-order valence-electron chi connectivity index (χ2n) is 2.52. The summed E-state index contributed by atoms with van der Waals surface area (Å²) < 4.78 is 1.08. The van der Waals surface area contributed by atoms with Gasteiger partial charge >= 0.3 is 0 Å². The Hall–Kier alpha value is -0.830. The van der Waals surface area contributed by atoms with Crippen LogP contribution in [0.5, 0.6) is 0 Å². The van der Waals surface area contributed by atoms with Crippen molar-refractivity contribution in [2.75, 3.05) is 7.05 Å². The molecule has 0 bridgehead atoms. The third-order valence-corrected chi connectivity index (χ3v) is 2.11. The topological polar surface area (TPSA) is 38.4 Å². The predicted molar refractivity (Wildman–Crippen MR) is 55.4 cm³/mol. The minimum atomic E-state index is 0.664. The molecule has 0 aliphatic carbocycles. The van der Waals surface area contributed by atoms with Crippen molar-refractivity contribution in [3.63, 3.8) is 0 Å². The van der Waals surface area contributed by atoms with Crippen LogP contribution in [-0.4, -0.2) is 12.9 Å². The number of rotatable bonds is 2. The summed E-state index contributed by atoms with van der Waals surface area (Å²) in [5, 5.41) is 0. The lowest BCUT2D eigenvalue weighted by Crippen LogP contribution is -2.14. The minimum absolute atomic E-state index is 0.664. The Labute approximate surface area is 80.6 Å². The molecule has 0 fully saturated rings. The smallest absolute Gasteiger partial charge is 0.0977 e. The van der Waals surface area contributed by atoms with Gasteiger partial charge in [-0.2, -0.15) is 0 Å². The predicted octanol–water partition coefficient (Wildman–Crippen LogP) is 1.98. The molecule has 64 valence electrons. The molecule has 12 heavy (non-hydrogen) atoms. The van der Waals surface area contributed by atoms with Crippen LogP contribution in [-0.2, 0) is 6.42 Å². The van der Waals surface area contributed by atoms with Crippen molar-refractivity contribution in [3.8, 4) is 0 Å². The van der Waals surface area contributed by atoms with Crippen molar-refractivity contribution in [1.82, 2.24) is 0 Å². The molecule has 0 heterocycles. The van der Waals surface area contributed by atoms with Gasteiger partial charge in [0.2, 0.25) is 0 Å². The summed E-state index contributed by atoms with van der Waals surface area (Å²) >= 11 is 3.37. The third kappa shape index (κ3) is 2.66. The molecule has 0 radical (unpaired) electrons. The van der Waals surface area contributed by atoms with Crippen LogP contribution in [0.4, 0.5) is 0 Å². The van der Waals surface area contributed by atoms with E-state index >= 15 is 0 Å². The lowest BCUT2D eigenvalue weighted by molar-refractivity contribution is 1.25. The first-order valence-electron chi connectivity index (χ1n) is 3.68. The molecule has 0 aliphatic rings. The number of halogens is 1. The molecule has 1 aromatic rings. The molecule has 2 nitrogen and oxygen atoms in total. The van der Waals surface area contributed by atoms with Gasteiger partial charge < -0.3 is 5.73 Å². The standard InChI is InChI=1S/C9H11BrN2/c1-12-9(11)6-7-2-4-8(10)5-3-7/h2-5H,6H2,1H3,(H2,11,12). The molecule has 2 N–H and O–H groups in total. The van der Waals surface area contributed by atoms with E-state index in [0.29, 0.717) is 5.84 Å². The van der Waals surface area contributed by atoms with Crippen LogP contribution < -0.4 is 5.73 Å². The molecule has 0 spiro atoms. The van der Waals surface area contributed by atoms with E-state index in [4.69, 9.17) is 5.73 Å². The van der Waals surface area contributed by atoms with Crippen LogP contribution >= 0.6 is 15.9 Å². The van der Waals surface area contributed by atoms with Crippen LogP contribution in [0.2, 0.25) is 0 Å². The first kappa shape index (κ1) is 9.26. The molecule has 0 amide bonds. The highest BCUT2D eigenvalue weighted by molar-refractivity contribution is 9.10. The maximum absolute atomic E-state index is 5.58. The zero-order valence-corrected chi connectivity index (χ0v) is 8.51. The van der Waals surface area contributed by atoms with Gasteiger partial charge in [-0.05, 0) is 17.7 Å². The number of benzene rings is 1. The van der Waals surface area contributed by atoms with Gasteiger partial charge in [0, 0.05) is 17.9 Å². The molecule has 0 aliphatic heterocycles. The zero-order chi connectivity index (χ0) is 8.97. The van der Waals surface area contributed by atoms with E-state index in [1.165, 1.54) is 5.56 Å². The molecule has 0 saturated heterocycles. The lowest BCUT2D eigenvalue weighted by Gasteiger charge is -1.99. The van der Waals surface area contributed by atoms with Gasteiger partial charge in [0.1, 0.15) is 0 Å². The summed E-state index contributed by atoms with van der Waals surface area (Å²) in [6, 6.07) is 8.06. The van der Waals surface area contributed by atoms with Crippen molar-refractivity contribution in [2.24, 2.45) is 10.7 Å². The fourth-order valence-corrected chi connectivity index (χ4v) is 1.15. The Morgan fingerprint density at radius 1 is 1.42 bits per heavy atom. The Morgan fingerprint density at radius 3 is 2.50 bits per heavy atom. The average Bonchev–Trinajstić information content (AvgIpc) is 2.09. The maximum Gasteiger partial charge on any atom is 0.0977 e. The van der Waals surface area contributed by atoms with Gasteiger partial charge in [-0.25, -0.2) is 0 Å². The quantitative estimate of drug-likeness (QED) is 0.608. The number of hydrogen-bond donors (Lipinski definition) is 1. The molecule has 3 heteroatoms. The van der Waals surface area contributed by atoms with Gasteiger partial charge in [0.05, 0.1) is 5.84 Å². The highest BCUT2D eigenvalue weighted by Crippen LogP contribution is 2.10. The van der Waals surface area contributed by atoms with E-state index in [0.717, 1.165) is 10.9 Å². The summed E-state index contributed by atoms with van der Waals surface area (Å²) in [5.74, 6) is 0.664. The third-order valence-electron chi connectivity index (χ3n) is 1.59. The maximum atomic E-state index is 5.58. The normalized spacial score (nSPS) is 11.7. The first-order chi connectivity index (χ1) is 5.72. The van der Waals surface area contributed by atoms with E-state index in [1.807, 2.05) is 24.3 Å². The molecular weight excluding hydrogens is 216 g/mol. The highest BCUT2D eigenvalue weighted by Gasteiger charge is 1.94. The molecule has 0 saturated carbocycles. The average molecular weight is 227 g/mol. The molecule has 0 atom stereocenters. The second kappa shape index (κ2) is 4.26. The summed E-state index contributed by atoms with van der Waals surface area (Å²) in [4.78, 5) is 3.89. The fraction of sp³-hybridized carbons (Fsp3) is 0.222. The lowest BCUT2D eigenvalue weighted by atomic mass is 10.1. The number of nitrogens with zero attached hydrogens (tertiary/aromatic N) is 1. The van der Waals surface area contributed by atoms with E-state index in [-0.39, 0.29) is 0 Å². The number of amidine groups is 1. The van der Waals surface area contributed by atoms with Gasteiger partial charge in [-0.1, -0.05) is 28.1 Å². The van der Waals surface area contributed by atoms with Gasteiger partial charge in [-0.15, -0.1) is 0 Å². The fourth-order valence-electron chi connectivity index (χ4n) is 0.890. The molecule has 1 rings (SSSR count). The monoisotopic (exact) mass is 226 g/mol. The minimum Gasteiger partial charge on any atom is -0.387 e. The zero-order valence-electron chi connectivity index (χ0n) is 6.92. The highest BCUT2D eigenvalue weighted by atomic mass is 79.9. The molecule has 0 aromatic heterocycles. The van der Waals surface area contributed by atoms with Crippen molar-refractivity contribution in [3.05, 3.63) is 34.3 Å². The van der Waals surface area contributed by atoms with Crippen LogP contribution in [0.3, 0.4) is 0 Å². The molecular formula is C9H11BrN2. The van der Waals surface area contributed by atoms with Gasteiger partial charge in [-0.3, -0.25) is 4.99 Å². The van der Waals surface area contributed by atoms with E-state index in [1.54, 1.807) is 7.05 Å². The Morgan fingerprint density at radius 2 is 2.00 bits per heavy atom. The van der Waals surface area contributed by atoms with Gasteiger partial charge in [0.15, 0.2) is 0 Å². The number of aliphatic imine (C=N–C) groups is 1. The second-order valence-corrected chi connectivity index (χ2v) is 3.43. The van der Waals surface area contributed by atoms with E-state index < -0.39 is 0 Å². The summed E-state index contributed by atoms with van der Waals surface area (Å²) in [6.45, 7) is 0. The summed E-state index contributed by atoms with van der Waals surface area (Å²) in [7, 11) is 1.70. The SMILES string of the molecule is CN=C(N)Cc1ccc(Br)cc1. The van der Waals surface area contributed by atoms with Crippen molar-refractivity contribution < 1.29 is 0 Å². The first-order valence-corrected chi connectivity index (χ1v) is 4.47. The number of hydrogen-bond acceptors (Lipinski definition) is 1. The number of nitrogens with two attached hydrogens (primary N) is 1. The largest absolute Gasteiger partial charge is 0.387 e. The Balaban J connectivity index is 2.71. The van der Waals surface area contributed by atoms with E-state index in [2.05, 4.69) is 20.9 Å². The van der Waals surface area contributed by atoms with Crippen molar-refractivity contribution >= 4 is 21.8 Å². The van der Waals surface area contributed by atoms with Crippen molar-refractivity contribution in [1.29, 1.82) is 0 Å². The van der Waals surface area contributed by atoms with E-state index in [9.17, 15) is 0 Å². The summed E-state index contributed by atoms with van der Waals surface area (Å²) in [6.07, 6.45) is 0.726. The van der Waals surface area contributed by atoms with Crippen LogP contribution in [0.15, 0.2) is 33.7 Å².